The van der Waals surface area contributed by atoms with E-state index in [0.29, 0.717) is 4.48 Å². The summed E-state index contributed by atoms with van der Waals surface area (Å²) in [7, 11) is 0. The Kier molecular flexibility index (Phi) is 2.09. The maximum atomic E-state index is 10.5. The quantitative estimate of drug-likeness (QED) is 0.523. The third-order valence-corrected chi connectivity index (χ3v) is 1.56. The number of rotatable bonds is 1. The van der Waals surface area contributed by atoms with E-state index in [1.807, 2.05) is 0 Å². The predicted octanol–water partition coefficient (Wildman–Crippen LogP) is 0.790. The molecule has 0 aromatic carbocycles. The summed E-state index contributed by atoms with van der Waals surface area (Å²) in [6.07, 6.45) is 1.97. The van der Waals surface area contributed by atoms with Crippen molar-refractivity contribution < 1.29 is 19.4 Å². The molecule has 0 amide bonds. The van der Waals surface area contributed by atoms with E-state index in [0.717, 1.165) is 12.2 Å². The minimum atomic E-state index is -1.15. The lowest BCUT2D eigenvalue weighted by Crippen LogP contribution is -1.95. The van der Waals surface area contributed by atoms with Gasteiger partial charge in [0.25, 0.3) is 0 Å². The first kappa shape index (κ1) is 8.00. The Balaban J connectivity index is 2.87. The molecule has 1 N–H and O–H groups in total. The van der Waals surface area contributed by atoms with Gasteiger partial charge >= 0.3 is 11.9 Å². The van der Waals surface area contributed by atoms with Crippen LogP contribution in [0.1, 0.15) is 0 Å². The first-order valence-electron chi connectivity index (χ1n) is 2.63. The van der Waals surface area contributed by atoms with E-state index >= 15 is 0 Å². The number of esters is 1. The molecule has 4 nitrogen and oxygen atoms in total. The van der Waals surface area contributed by atoms with E-state index in [1.54, 1.807) is 0 Å². The number of halogens is 1. The highest BCUT2D eigenvalue weighted by molar-refractivity contribution is 9.12. The molecule has 1 aliphatic rings. The van der Waals surface area contributed by atoms with Gasteiger partial charge in [0.05, 0.1) is 10.6 Å². The number of hydrogen-bond donors (Lipinski definition) is 1. The van der Waals surface area contributed by atoms with Gasteiger partial charge in [-0.3, -0.25) is 0 Å². The van der Waals surface area contributed by atoms with Crippen LogP contribution in [-0.2, 0) is 14.3 Å². The smallest absolute Gasteiger partial charge is 0.337 e. The van der Waals surface area contributed by atoms with Crippen LogP contribution < -0.4 is 0 Å². The summed E-state index contributed by atoms with van der Waals surface area (Å²) in [4.78, 5) is 20.6. The van der Waals surface area contributed by atoms with Crippen molar-refractivity contribution in [1.29, 1.82) is 0 Å². The van der Waals surface area contributed by atoms with Crippen LogP contribution in [0.25, 0.3) is 0 Å². The Bertz CT molecular complexity index is 276. The van der Waals surface area contributed by atoms with Crippen molar-refractivity contribution in [2.45, 2.75) is 0 Å². The third-order valence-electron chi connectivity index (χ3n) is 0.945. The van der Waals surface area contributed by atoms with Crippen LogP contribution in [0.2, 0.25) is 0 Å². The van der Waals surface area contributed by atoms with Crippen LogP contribution >= 0.6 is 15.9 Å². The molecule has 0 unspecified atom stereocenters. The molecule has 0 radical (unpaired) electrons. The van der Waals surface area contributed by atoms with Crippen LogP contribution in [0.3, 0.4) is 0 Å². The van der Waals surface area contributed by atoms with Gasteiger partial charge in [0.1, 0.15) is 0 Å². The van der Waals surface area contributed by atoms with E-state index in [2.05, 4.69) is 20.7 Å². The van der Waals surface area contributed by atoms with Crippen molar-refractivity contribution in [2.24, 2.45) is 0 Å². The highest BCUT2D eigenvalue weighted by Crippen LogP contribution is 2.24. The summed E-state index contributed by atoms with van der Waals surface area (Å²) < 4.78 is 4.84. The monoisotopic (exact) mass is 218 g/mol. The Labute approximate surface area is 70.3 Å². The number of ether oxygens (including phenoxy) is 1. The van der Waals surface area contributed by atoms with Crippen LogP contribution in [0.15, 0.2) is 22.4 Å². The highest BCUT2D eigenvalue weighted by atomic mass is 79.9. The molecule has 1 heterocycles. The molecule has 5 heteroatoms. The Hall–Kier alpha value is -1.10. The molecule has 0 spiro atoms. The van der Waals surface area contributed by atoms with Gasteiger partial charge in [0, 0.05) is 6.08 Å². The molecular formula is C6H3BrO4. The van der Waals surface area contributed by atoms with Gasteiger partial charge in [0.2, 0.25) is 0 Å². The van der Waals surface area contributed by atoms with Gasteiger partial charge in [-0.25, -0.2) is 9.59 Å². The van der Waals surface area contributed by atoms with Crippen molar-refractivity contribution in [1.82, 2.24) is 0 Å². The predicted molar refractivity (Wildman–Crippen MR) is 38.8 cm³/mol. The van der Waals surface area contributed by atoms with Crippen LogP contribution in [0.4, 0.5) is 0 Å². The maximum Gasteiger partial charge on any atom is 0.337 e. The second-order valence-electron chi connectivity index (χ2n) is 1.76. The van der Waals surface area contributed by atoms with Gasteiger partial charge in [-0.2, -0.15) is 0 Å². The number of hydrogen-bond acceptors (Lipinski definition) is 3. The molecule has 0 saturated heterocycles. The number of carboxylic acids is 1. The standard InChI is InChI=1S/C6H3BrO4/c7-3-1-6(10)11-4(3)2-5(8)9/h1-2H,(H,8,9)/b4-2-. The zero-order chi connectivity index (χ0) is 8.43. The van der Waals surface area contributed by atoms with E-state index in [9.17, 15) is 9.59 Å². The third kappa shape index (κ3) is 1.91. The number of carboxylic acid groups (broad SMARTS) is 1. The first-order chi connectivity index (χ1) is 5.09. The molecule has 58 valence electrons. The summed E-state index contributed by atoms with van der Waals surface area (Å²) in [5.74, 6) is -1.69. The molecule has 0 bridgehead atoms. The second-order valence-corrected chi connectivity index (χ2v) is 2.61. The lowest BCUT2D eigenvalue weighted by Gasteiger charge is -1.93. The summed E-state index contributed by atoms with van der Waals surface area (Å²) in [6.45, 7) is 0. The maximum absolute atomic E-state index is 10.5. The number of allylic oxidation sites excluding steroid dienone is 1. The largest absolute Gasteiger partial charge is 0.478 e. The summed E-state index contributed by atoms with van der Waals surface area (Å²) in [5, 5.41) is 8.26. The van der Waals surface area contributed by atoms with Crippen LogP contribution in [-0.4, -0.2) is 17.0 Å². The molecule has 1 rings (SSSR count). The van der Waals surface area contributed by atoms with E-state index in [1.165, 1.54) is 0 Å². The van der Waals surface area contributed by atoms with Crippen LogP contribution in [0.5, 0.6) is 0 Å². The summed E-state index contributed by atoms with van der Waals surface area (Å²) in [6, 6.07) is 0. The van der Waals surface area contributed by atoms with Crippen molar-refractivity contribution in [3.05, 3.63) is 22.4 Å². The zero-order valence-corrected chi connectivity index (χ0v) is 6.79. The highest BCUT2D eigenvalue weighted by Gasteiger charge is 2.18. The van der Waals surface area contributed by atoms with Crippen molar-refractivity contribution >= 4 is 27.9 Å². The number of cyclic esters (lactones) is 1. The first-order valence-corrected chi connectivity index (χ1v) is 3.43. The molecule has 1 aliphatic heterocycles. The number of carbonyl (C=O) groups excluding carboxylic acids is 1. The lowest BCUT2D eigenvalue weighted by atomic mass is 10.4. The van der Waals surface area contributed by atoms with Crippen molar-refractivity contribution in [3.63, 3.8) is 0 Å². The number of aliphatic carboxylic acids is 1. The average Bonchev–Trinajstić information content (AvgIpc) is 2.09. The van der Waals surface area contributed by atoms with Crippen LogP contribution in [0, 0.1) is 0 Å². The Morgan fingerprint density at radius 3 is 2.73 bits per heavy atom. The lowest BCUT2D eigenvalue weighted by molar-refractivity contribution is -0.132. The van der Waals surface area contributed by atoms with E-state index in [4.69, 9.17) is 5.11 Å². The Morgan fingerprint density at radius 2 is 2.36 bits per heavy atom. The van der Waals surface area contributed by atoms with Crippen molar-refractivity contribution in [3.8, 4) is 0 Å². The fourth-order valence-electron chi connectivity index (χ4n) is 0.572. The van der Waals surface area contributed by atoms with Gasteiger partial charge in [0.15, 0.2) is 5.76 Å². The molecular weight excluding hydrogens is 216 g/mol. The van der Waals surface area contributed by atoms with E-state index in [-0.39, 0.29) is 5.76 Å². The molecule has 11 heavy (non-hydrogen) atoms. The van der Waals surface area contributed by atoms with Gasteiger partial charge in [-0.15, -0.1) is 0 Å². The fraction of sp³-hybridized carbons (Fsp3) is 0. The molecule has 0 saturated carbocycles. The van der Waals surface area contributed by atoms with E-state index < -0.39 is 11.9 Å². The molecule has 0 aromatic heterocycles. The topological polar surface area (TPSA) is 63.6 Å². The molecule has 0 aliphatic carbocycles. The molecule has 0 aromatic rings. The minimum absolute atomic E-state index is 0.0301. The SMILES string of the molecule is O=C(O)/C=C1\OC(=O)C=C1Br. The normalized spacial score (nSPS) is 19.9. The van der Waals surface area contributed by atoms with Gasteiger partial charge in [-0.1, -0.05) is 0 Å². The molecule has 0 fully saturated rings. The summed E-state index contributed by atoms with van der Waals surface area (Å²) >= 11 is 2.96. The second kappa shape index (κ2) is 2.87. The number of carbonyl (C=O) groups is 2. The molecule has 0 atom stereocenters. The average molecular weight is 219 g/mol. The fourth-order valence-corrected chi connectivity index (χ4v) is 0.954. The van der Waals surface area contributed by atoms with Gasteiger partial charge < -0.3 is 9.84 Å². The van der Waals surface area contributed by atoms with Gasteiger partial charge in [-0.05, 0) is 15.9 Å². The zero-order valence-electron chi connectivity index (χ0n) is 5.20. The summed E-state index contributed by atoms with van der Waals surface area (Å²) in [5.41, 5.74) is 0. The Morgan fingerprint density at radius 1 is 1.73 bits per heavy atom. The van der Waals surface area contributed by atoms with Crippen molar-refractivity contribution in [2.75, 3.05) is 0 Å². The minimum Gasteiger partial charge on any atom is -0.478 e.